The Morgan fingerprint density at radius 1 is 1.00 bits per heavy atom. The molecule has 1 amide bonds. The molecule has 0 saturated carbocycles. The highest BCUT2D eigenvalue weighted by Crippen LogP contribution is 2.22. The van der Waals surface area contributed by atoms with Crippen LogP contribution in [0.1, 0.15) is 12.5 Å². The Bertz CT molecular complexity index is 803. The maximum atomic E-state index is 12.8. The third-order valence-electron chi connectivity index (χ3n) is 6.06. The highest BCUT2D eigenvalue weighted by Gasteiger charge is 2.36. The quantitative estimate of drug-likeness (QED) is 0.813. The van der Waals surface area contributed by atoms with Crippen LogP contribution in [0.4, 0.5) is 5.69 Å². The molecule has 2 aromatic carbocycles. The summed E-state index contributed by atoms with van der Waals surface area (Å²) >= 11 is 0. The van der Waals surface area contributed by atoms with Gasteiger partial charge in [-0.15, -0.1) is 0 Å². The van der Waals surface area contributed by atoms with Crippen molar-refractivity contribution in [3.8, 4) is 5.75 Å². The second kappa shape index (κ2) is 8.84. The molecule has 2 saturated heterocycles. The van der Waals surface area contributed by atoms with E-state index in [1.54, 1.807) is 7.11 Å². The number of nitrogens with one attached hydrogen (secondary N) is 2. The second-order valence-corrected chi connectivity index (χ2v) is 7.88. The van der Waals surface area contributed by atoms with Crippen molar-refractivity contribution in [1.82, 2.24) is 15.5 Å². The third kappa shape index (κ3) is 4.54. The Kier molecular flexibility index (Phi) is 6.02. The molecule has 0 radical (unpaired) electrons. The lowest BCUT2D eigenvalue weighted by atomic mass is 9.90. The number of carbonyl (C=O) groups excluding carboxylic acids is 1. The van der Waals surface area contributed by atoms with Crippen molar-refractivity contribution in [2.24, 2.45) is 5.92 Å². The summed E-state index contributed by atoms with van der Waals surface area (Å²) in [6.07, 6.45) is 0.668. The molecule has 2 aliphatic heterocycles. The van der Waals surface area contributed by atoms with Crippen LogP contribution in [0.15, 0.2) is 54.6 Å². The standard InChI is InChI=1S/C23H30N4O2/c1-17-21(16-18-6-4-3-5-7-18)22(28)25-23(24-17)27-14-12-26(13-15-27)19-8-10-20(29-2)11-9-19/h3-11,17,21,23-24H,12-16H2,1-2H3,(H,25,28). The van der Waals surface area contributed by atoms with E-state index in [1.165, 1.54) is 11.3 Å². The molecule has 29 heavy (non-hydrogen) atoms. The zero-order valence-electron chi connectivity index (χ0n) is 17.2. The van der Waals surface area contributed by atoms with Gasteiger partial charge in [-0.1, -0.05) is 30.3 Å². The molecule has 2 heterocycles. The number of hydrogen-bond acceptors (Lipinski definition) is 5. The van der Waals surface area contributed by atoms with Crippen molar-refractivity contribution < 1.29 is 9.53 Å². The summed E-state index contributed by atoms with van der Waals surface area (Å²) in [4.78, 5) is 17.5. The van der Waals surface area contributed by atoms with Crippen LogP contribution in [-0.2, 0) is 11.2 Å². The molecule has 0 bridgehead atoms. The van der Waals surface area contributed by atoms with Crippen molar-refractivity contribution in [2.45, 2.75) is 25.7 Å². The minimum Gasteiger partial charge on any atom is -0.497 e. The maximum absolute atomic E-state index is 12.8. The molecule has 3 atom stereocenters. The molecule has 3 unspecified atom stereocenters. The average molecular weight is 395 g/mol. The molecular weight excluding hydrogens is 364 g/mol. The van der Waals surface area contributed by atoms with Crippen LogP contribution >= 0.6 is 0 Å². The van der Waals surface area contributed by atoms with Gasteiger partial charge in [0.15, 0.2) is 0 Å². The van der Waals surface area contributed by atoms with Crippen LogP contribution in [0.2, 0.25) is 0 Å². The number of hydrogen-bond donors (Lipinski definition) is 2. The van der Waals surface area contributed by atoms with Crippen LogP contribution in [-0.4, -0.2) is 56.4 Å². The topological polar surface area (TPSA) is 56.8 Å². The Morgan fingerprint density at radius 3 is 2.31 bits per heavy atom. The molecule has 0 aliphatic carbocycles. The van der Waals surface area contributed by atoms with Crippen LogP contribution in [0.5, 0.6) is 5.75 Å². The smallest absolute Gasteiger partial charge is 0.227 e. The zero-order valence-corrected chi connectivity index (χ0v) is 17.2. The molecule has 0 spiro atoms. The first-order chi connectivity index (χ1) is 14.1. The first kappa shape index (κ1) is 19.7. The SMILES string of the molecule is COc1ccc(N2CCN(C3NC(=O)C(Cc4ccccc4)C(C)N3)CC2)cc1. The normalized spacial score (nSPS) is 25.5. The number of piperazine rings is 1. The van der Waals surface area contributed by atoms with Crippen LogP contribution in [0, 0.1) is 5.92 Å². The van der Waals surface area contributed by atoms with Gasteiger partial charge in [-0.05, 0) is 43.2 Å². The van der Waals surface area contributed by atoms with E-state index in [-0.39, 0.29) is 24.2 Å². The highest BCUT2D eigenvalue weighted by molar-refractivity contribution is 5.80. The van der Waals surface area contributed by atoms with Gasteiger partial charge in [0.1, 0.15) is 12.0 Å². The predicted octanol–water partition coefficient (Wildman–Crippen LogP) is 2.07. The number of carbonyl (C=O) groups is 1. The Morgan fingerprint density at radius 2 is 1.69 bits per heavy atom. The van der Waals surface area contributed by atoms with Gasteiger partial charge in [-0.3, -0.25) is 15.0 Å². The molecule has 2 N–H and O–H groups in total. The van der Waals surface area contributed by atoms with E-state index in [9.17, 15) is 4.79 Å². The van der Waals surface area contributed by atoms with E-state index < -0.39 is 0 Å². The van der Waals surface area contributed by atoms with Crippen molar-refractivity contribution >= 4 is 11.6 Å². The van der Waals surface area contributed by atoms with E-state index in [2.05, 4.69) is 51.6 Å². The summed E-state index contributed by atoms with van der Waals surface area (Å²) in [6.45, 7) is 5.79. The fourth-order valence-electron chi connectivity index (χ4n) is 4.24. The lowest BCUT2D eigenvalue weighted by Crippen LogP contribution is -2.69. The van der Waals surface area contributed by atoms with Gasteiger partial charge in [0, 0.05) is 37.9 Å². The Balaban J connectivity index is 1.32. The number of amides is 1. The van der Waals surface area contributed by atoms with E-state index in [0.717, 1.165) is 38.3 Å². The molecule has 6 heteroatoms. The second-order valence-electron chi connectivity index (χ2n) is 7.88. The minimum atomic E-state index is -0.0949. The summed E-state index contributed by atoms with van der Waals surface area (Å²) in [5.74, 6) is 0.970. The third-order valence-corrected chi connectivity index (χ3v) is 6.06. The molecule has 6 nitrogen and oxygen atoms in total. The summed E-state index contributed by atoms with van der Waals surface area (Å²) in [5, 5.41) is 6.81. The van der Waals surface area contributed by atoms with Gasteiger partial charge in [0.25, 0.3) is 0 Å². The van der Waals surface area contributed by atoms with Gasteiger partial charge >= 0.3 is 0 Å². The summed E-state index contributed by atoms with van der Waals surface area (Å²) in [6, 6.07) is 18.6. The zero-order chi connectivity index (χ0) is 20.2. The largest absolute Gasteiger partial charge is 0.497 e. The maximum Gasteiger partial charge on any atom is 0.227 e. The van der Waals surface area contributed by atoms with E-state index >= 15 is 0 Å². The molecular formula is C23H30N4O2. The van der Waals surface area contributed by atoms with Gasteiger partial charge < -0.3 is 15.0 Å². The number of benzene rings is 2. The fraction of sp³-hybridized carbons (Fsp3) is 0.435. The number of methoxy groups -OCH3 is 1. The number of nitrogens with zero attached hydrogens (tertiary/aromatic N) is 2. The fourth-order valence-corrected chi connectivity index (χ4v) is 4.24. The minimum absolute atomic E-state index is 0.0470. The lowest BCUT2D eigenvalue weighted by Gasteiger charge is -2.45. The van der Waals surface area contributed by atoms with E-state index in [4.69, 9.17) is 4.74 Å². The van der Waals surface area contributed by atoms with Crippen molar-refractivity contribution in [3.05, 3.63) is 60.2 Å². The van der Waals surface area contributed by atoms with Gasteiger partial charge in [-0.25, -0.2) is 0 Å². The number of anilines is 1. The van der Waals surface area contributed by atoms with Crippen molar-refractivity contribution in [2.75, 3.05) is 38.2 Å². The van der Waals surface area contributed by atoms with E-state index in [0.29, 0.717) is 0 Å². The monoisotopic (exact) mass is 394 g/mol. The van der Waals surface area contributed by atoms with Crippen LogP contribution < -0.4 is 20.3 Å². The molecule has 2 fully saturated rings. The predicted molar refractivity (Wildman–Crippen MR) is 115 cm³/mol. The van der Waals surface area contributed by atoms with Gasteiger partial charge in [-0.2, -0.15) is 0 Å². The van der Waals surface area contributed by atoms with Crippen molar-refractivity contribution in [1.29, 1.82) is 0 Å². The lowest BCUT2D eigenvalue weighted by molar-refractivity contribution is -0.132. The molecule has 0 aromatic heterocycles. The number of ether oxygens (including phenoxy) is 1. The summed E-state index contributed by atoms with van der Waals surface area (Å²) in [5.41, 5.74) is 2.41. The first-order valence-electron chi connectivity index (χ1n) is 10.4. The van der Waals surface area contributed by atoms with Gasteiger partial charge in [0.2, 0.25) is 5.91 Å². The average Bonchev–Trinajstić information content (AvgIpc) is 2.77. The van der Waals surface area contributed by atoms with Crippen molar-refractivity contribution in [3.63, 3.8) is 0 Å². The van der Waals surface area contributed by atoms with E-state index in [1.807, 2.05) is 30.3 Å². The first-order valence-corrected chi connectivity index (χ1v) is 10.4. The van der Waals surface area contributed by atoms with Crippen LogP contribution in [0.3, 0.4) is 0 Å². The Labute approximate surface area is 172 Å². The molecule has 2 aromatic rings. The molecule has 2 aliphatic rings. The highest BCUT2D eigenvalue weighted by atomic mass is 16.5. The molecule has 4 rings (SSSR count). The summed E-state index contributed by atoms with van der Waals surface area (Å²) in [7, 11) is 1.69. The summed E-state index contributed by atoms with van der Waals surface area (Å²) < 4.78 is 5.24. The number of rotatable bonds is 5. The van der Waals surface area contributed by atoms with Crippen LogP contribution in [0.25, 0.3) is 0 Å². The molecule has 154 valence electrons. The van der Waals surface area contributed by atoms with Gasteiger partial charge in [0.05, 0.1) is 13.0 Å². The Hall–Kier alpha value is -2.57.